The molecule has 2 aliphatic heterocycles. The number of nitrogens with zero attached hydrogens (tertiary/aromatic N) is 1. The van der Waals surface area contributed by atoms with Crippen molar-refractivity contribution in [1.29, 1.82) is 0 Å². The van der Waals surface area contributed by atoms with E-state index in [1.807, 2.05) is 6.07 Å². The standard InChI is InChI=1S/C17H24N2O/c1-2-17(10-11-18-13-17)16(20)19-12-6-9-15(19)14-7-4-3-5-8-14/h3-5,7-8,15,18H,2,6,9-13H2,1H3. The van der Waals surface area contributed by atoms with Crippen LogP contribution in [0.2, 0.25) is 0 Å². The maximum Gasteiger partial charge on any atom is 0.230 e. The number of amides is 1. The lowest BCUT2D eigenvalue weighted by atomic mass is 9.82. The second-order valence-corrected chi connectivity index (χ2v) is 6.13. The van der Waals surface area contributed by atoms with Gasteiger partial charge in [-0.25, -0.2) is 0 Å². The van der Waals surface area contributed by atoms with Gasteiger partial charge in [-0.2, -0.15) is 0 Å². The summed E-state index contributed by atoms with van der Waals surface area (Å²) in [5.41, 5.74) is 1.13. The monoisotopic (exact) mass is 272 g/mol. The molecule has 108 valence electrons. The summed E-state index contributed by atoms with van der Waals surface area (Å²) in [6.07, 6.45) is 4.15. The van der Waals surface area contributed by atoms with Crippen LogP contribution in [-0.4, -0.2) is 30.4 Å². The molecule has 20 heavy (non-hydrogen) atoms. The normalized spacial score (nSPS) is 29.9. The van der Waals surface area contributed by atoms with E-state index in [9.17, 15) is 4.79 Å². The molecule has 1 aromatic rings. The van der Waals surface area contributed by atoms with Crippen LogP contribution in [0.3, 0.4) is 0 Å². The van der Waals surface area contributed by atoms with Gasteiger partial charge >= 0.3 is 0 Å². The zero-order valence-corrected chi connectivity index (χ0v) is 12.3. The minimum absolute atomic E-state index is 0.155. The molecule has 2 unspecified atom stereocenters. The lowest BCUT2D eigenvalue weighted by Gasteiger charge is -2.34. The number of benzene rings is 1. The average Bonchev–Trinajstić information content (AvgIpc) is 3.17. The molecule has 0 aliphatic carbocycles. The minimum atomic E-state index is -0.155. The maximum absolute atomic E-state index is 13.1. The first-order valence-corrected chi connectivity index (χ1v) is 7.83. The van der Waals surface area contributed by atoms with Crippen molar-refractivity contribution in [3.63, 3.8) is 0 Å². The number of likely N-dealkylation sites (tertiary alicyclic amines) is 1. The summed E-state index contributed by atoms with van der Waals surface area (Å²) in [6, 6.07) is 10.8. The van der Waals surface area contributed by atoms with E-state index in [0.29, 0.717) is 5.91 Å². The summed E-state index contributed by atoms with van der Waals surface area (Å²) in [7, 11) is 0. The summed E-state index contributed by atoms with van der Waals surface area (Å²) in [6.45, 7) is 4.89. The van der Waals surface area contributed by atoms with Crippen LogP contribution in [0.4, 0.5) is 0 Å². The molecule has 2 atom stereocenters. The third-order valence-electron chi connectivity index (χ3n) is 5.07. The molecular weight excluding hydrogens is 248 g/mol. The van der Waals surface area contributed by atoms with Gasteiger partial charge < -0.3 is 10.2 Å². The highest BCUT2D eigenvalue weighted by atomic mass is 16.2. The van der Waals surface area contributed by atoms with Gasteiger partial charge in [0, 0.05) is 13.1 Å². The van der Waals surface area contributed by atoms with E-state index in [1.54, 1.807) is 0 Å². The van der Waals surface area contributed by atoms with Crippen molar-refractivity contribution in [2.75, 3.05) is 19.6 Å². The van der Waals surface area contributed by atoms with Gasteiger partial charge in [0.1, 0.15) is 0 Å². The quantitative estimate of drug-likeness (QED) is 0.917. The molecule has 0 aromatic heterocycles. The van der Waals surface area contributed by atoms with Gasteiger partial charge in [-0.05, 0) is 37.8 Å². The van der Waals surface area contributed by atoms with Gasteiger partial charge in [0.25, 0.3) is 0 Å². The van der Waals surface area contributed by atoms with Gasteiger partial charge in [0.15, 0.2) is 0 Å². The zero-order valence-electron chi connectivity index (χ0n) is 12.3. The van der Waals surface area contributed by atoms with Gasteiger partial charge in [-0.3, -0.25) is 4.79 Å². The molecule has 0 bridgehead atoms. The SMILES string of the molecule is CCC1(C(=O)N2CCCC2c2ccccc2)CCNC1. The Hall–Kier alpha value is -1.35. The highest BCUT2D eigenvalue weighted by Gasteiger charge is 2.44. The number of nitrogens with one attached hydrogen (secondary N) is 1. The first kappa shape index (κ1) is 13.6. The number of carbonyl (C=O) groups excluding carboxylic acids is 1. The van der Waals surface area contributed by atoms with Crippen LogP contribution in [-0.2, 0) is 4.79 Å². The third kappa shape index (κ3) is 2.24. The smallest absolute Gasteiger partial charge is 0.230 e. The molecule has 1 aromatic carbocycles. The average molecular weight is 272 g/mol. The molecule has 2 fully saturated rings. The predicted molar refractivity (Wildman–Crippen MR) is 80.3 cm³/mol. The summed E-state index contributed by atoms with van der Waals surface area (Å²) in [4.78, 5) is 15.2. The molecule has 0 radical (unpaired) electrons. The molecule has 2 heterocycles. The van der Waals surface area contributed by atoms with Crippen molar-refractivity contribution in [3.05, 3.63) is 35.9 Å². The Labute approximate surface area is 121 Å². The molecule has 3 nitrogen and oxygen atoms in total. The van der Waals surface area contributed by atoms with Crippen molar-refractivity contribution in [3.8, 4) is 0 Å². The largest absolute Gasteiger partial charge is 0.335 e. The van der Waals surface area contributed by atoms with Crippen molar-refractivity contribution in [1.82, 2.24) is 10.2 Å². The Kier molecular flexibility index (Phi) is 3.79. The number of hydrogen-bond acceptors (Lipinski definition) is 2. The van der Waals surface area contributed by atoms with E-state index in [-0.39, 0.29) is 11.5 Å². The van der Waals surface area contributed by atoms with Crippen LogP contribution in [0.5, 0.6) is 0 Å². The maximum atomic E-state index is 13.1. The van der Waals surface area contributed by atoms with E-state index in [1.165, 1.54) is 5.56 Å². The molecule has 2 aliphatic rings. The fraction of sp³-hybridized carbons (Fsp3) is 0.588. The Balaban J connectivity index is 1.83. The molecule has 3 heteroatoms. The Morgan fingerprint density at radius 1 is 1.40 bits per heavy atom. The number of carbonyl (C=O) groups is 1. The first-order chi connectivity index (χ1) is 9.77. The molecule has 1 N–H and O–H groups in total. The predicted octanol–water partition coefficient (Wildman–Crippen LogP) is 2.74. The molecular formula is C17H24N2O. The molecule has 0 saturated carbocycles. The van der Waals surface area contributed by atoms with E-state index in [2.05, 4.69) is 41.4 Å². The van der Waals surface area contributed by atoms with Crippen LogP contribution < -0.4 is 5.32 Å². The lowest BCUT2D eigenvalue weighted by Crippen LogP contribution is -2.44. The van der Waals surface area contributed by atoms with E-state index >= 15 is 0 Å². The topological polar surface area (TPSA) is 32.3 Å². The first-order valence-electron chi connectivity index (χ1n) is 7.83. The lowest BCUT2D eigenvalue weighted by molar-refractivity contribution is -0.142. The summed E-state index contributed by atoms with van der Waals surface area (Å²) < 4.78 is 0. The highest BCUT2D eigenvalue weighted by Crippen LogP contribution is 2.39. The van der Waals surface area contributed by atoms with Crippen LogP contribution in [0.1, 0.15) is 44.2 Å². The summed E-state index contributed by atoms with van der Waals surface area (Å²) in [5.74, 6) is 0.372. The third-order valence-corrected chi connectivity index (χ3v) is 5.07. The van der Waals surface area contributed by atoms with Crippen LogP contribution in [0.15, 0.2) is 30.3 Å². The Morgan fingerprint density at radius 3 is 2.85 bits per heavy atom. The fourth-order valence-corrected chi connectivity index (χ4v) is 3.72. The van der Waals surface area contributed by atoms with Crippen molar-refractivity contribution in [2.45, 2.75) is 38.6 Å². The van der Waals surface area contributed by atoms with Crippen LogP contribution in [0, 0.1) is 5.41 Å². The van der Waals surface area contributed by atoms with Gasteiger partial charge in [-0.15, -0.1) is 0 Å². The molecule has 3 rings (SSSR count). The summed E-state index contributed by atoms with van der Waals surface area (Å²) >= 11 is 0. The second-order valence-electron chi connectivity index (χ2n) is 6.13. The van der Waals surface area contributed by atoms with Gasteiger partial charge in [0.2, 0.25) is 5.91 Å². The van der Waals surface area contributed by atoms with E-state index in [0.717, 1.165) is 45.3 Å². The number of hydrogen-bond donors (Lipinski definition) is 1. The molecule has 2 saturated heterocycles. The summed E-state index contributed by atoms with van der Waals surface area (Å²) in [5, 5.41) is 3.38. The van der Waals surface area contributed by atoms with Crippen molar-refractivity contribution >= 4 is 5.91 Å². The molecule has 0 spiro atoms. The highest BCUT2D eigenvalue weighted by molar-refractivity contribution is 5.84. The second kappa shape index (κ2) is 5.57. The Morgan fingerprint density at radius 2 is 2.20 bits per heavy atom. The van der Waals surface area contributed by atoms with Crippen molar-refractivity contribution < 1.29 is 4.79 Å². The number of rotatable bonds is 3. The van der Waals surface area contributed by atoms with Crippen LogP contribution in [0.25, 0.3) is 0 Å². The van der Waals surface area contributed by atoms with Crippen molar-refractivity contribution in [2.24, 2.45) is 5.41 Å². The zero-order chi connectivity index (χ0) is 14.0. The van der Waals surface area contributed by atoms with E-state index < -0.39 is 0 Å². The molecule has 1 amide bonds. The van der Waals surface area contributed by atoms with Gasteiger partial charge in [-0.1, -0.05) is 37.3 Å². The minimum Gasteiger partial charge on any atom is -0.335 e. The van der Waals surface area contributed by atoms with Crippen LogP contribution >= 0.6 is 0 Å². The van der Waals surface area contributed by atoms with E-state index in [4.69, 9.17) is 0 Å². The fourth-order valence-electron chi connectivity index (χ4n) is 3.72. The van der Waals surface area contributed by atoms with Gasteiger partial charge in [0.05, 0.1) is 11.5 Å². The Bertz CT molecular complexity index is 465.